The van der Waals surface area contributed by atoms with E-state index in [9.17, 15) is 0 Å². The van der Waals surface area contributed by atoms with Crippen molar-refractivity contribution in [3.63, 3.8) is 0 Å². The van der Waals surface area contributed by atoms with E-state index in [0.717, 1.165) is 0 Å². The molecule has 0 unspecified atom stereocenters. The fourth-order valence-corrected chi connectivity index (χ4v) is 10.3. The van der Waals surface area contributed by atoms with Crippen molar-refractivity contribution in [1.82, 2.24) is 0 Å². The Morgan fingerprint density at radius 2 is 0.0833 bits per heavy atom. The molecule has 0 amide bonds. The average Bonchev–Trinajstić information content (AvgIpc) is 3.47. The van der Waals surface area contributed by atoms with Gasteiger partial charge in [-0.2, -0.15) is 0 Å². The van der Waals surface area contributed by atoms with Crippen molar-refractivity contribution in [2.45, 2.75) is 0 Å². The van der Waals surface area contributed by atoms with Crippen LogP contribution in [0.1, 0.15) is 0 Å². The summed E-state index contributed by atoms with van der Waals surface area (Å²) >= 11 is 0. The summed E-state index contributed by atoms with van der Waals surface area (Å²) in [5.41, 5.74) is 29.0. The minimum atomic E-state index is 1.21. The maximum absolute atomic E-state index is 2.23. The van der Waals surface area contributed by atoms with Crippen LogP contribution < -0.4 is 0 Å². The van der Waals surface area contributed by atoms with Gasteiger partial charge >= 0.3 is 0 Å². The van der Waals surface area contributed by atoms with E-state index in [1.807, 2.05) is 0 Å². The number of benzene rings is 12. The highest BCUT2D eigenvalue weighted by Gasteiger charge is 2.10. The fourth-order valence-electron chi connectivity index (χ4n) is 10.3. The fraction of sp³-hybridized carbons (Fsp3) is 0. The van der Waals surface area contributed by atoms with Crippen LogP contribution in [0.2, 0.25) is 0 Å². The van der Waals surface area contributed by atoms with Gasteiger partial charge in [0.15, 0.2) is 0 Å². The quantitative estimate of drug-likeness (QED) is 0.142. The van der Waals surface area contributed by atoms with Gasteiger partial charge in [0.25, 0.3) is 0 Å². The largest absolute Gasteiger partial charge is 0.0538 e. The Morgan fingerprint density at radius 3 is 0.111 bits per heavy atom. The molecule has 12 aromatic carbocycles. The first kappa shape index (κ1) is 42.7. The second-order valence-corrected chi connectivity index (χ2v) is 18.9. The minimum absolute atomic E-state index is 1.21. The van der Waals surface area contributed by atoms with Crippen LogP contribution in [0.15, 0.2) is 291 Å². The van der Waals surface area contributed by atoms with Gasteiger partial charge in [-0.15, -0.1) is 0 Å². The van der Waals surface area contributed by atoms with E-state index in [2.05, 4.69) is 291 Å². The van der Waals surface area contributed by atoms with Crippen LogP contribution >= 0.6 is 0 Å². The van der Waals surface area contributed by atoms with Gasteiger partial charge in [-0.3, -0.25) is 0 Å². The van der Waals surface area contributed by atoms with Crippen LogP contribution in [0.4, 0.5) is 0 Å². The maximum atomic E-state index is 2.23. The molecule has 0 fully saturated rings. The molecule has 0 radical (unpaired) electrons. The molecule has 24 bridgehead atoms. The molecule has 0 heteroatoms. The second kappa shape index (κ2) is 18.5. The third-order valence-corrected chi connectivity index (χ3v) is 14.6. The molecule has 46 rings (SSSR count). The Labute approximate surface area is 422 Å². The van der Waals surface area contributed by atoms with Crippen LogP contribution in [0.25, 0.3) is 134 Å². The monoisotopic (exact) mass is 912 g/mol. The van der Waals surface area contributed by atoms with E-state index in [-0.39, 0.29) is 0 Å². The zero-order chi connectivity index (χ0) is 47.8. The Kier molecular flexibility index (Phi) is 11.0. The molecule has 0 atom stereocenters. The molecule has 12 aromatic rings. The number of hydrogen-bond donors (Lipinski definition) is 0. The molecule has 34 aliphatic rings. The topological polar surface area (TPSA) is 0 Å². The Balaban J connectivity index is 0.776. The maximum Gasteiger partial charge on any atom is -0.0184 e. The smallest absolute Gasteiger partial charge is 0.0184 e. The van der Waals surface area contributed by atoms with Crippen LogP contribution in [0.5, 0.6) is 0 Å². The Morgan fingerprint density at radius 1 is 0.0556 bits per heavy atom. The molecule has 336 valence electrons. The summed E-state index contributed by atoms with van der Waals surface area (Å²) in [5.74, 6) is 0. The third kappa shape index (κ3) is 8.57. The first-order valence-electron chi connectivity index (χ1n) is 24.9. The van der Waals surface area contributed by atoms with Crippen molar-refractivity contribution < 1.29 is 0 Å². The van der Waals surface area contributed by atoms with Gasteiger partial charge < -0.3 is 0 Å². The van der Waals surface area contributed by atoms with Crippen molar-refractivity contribution >= 4 is 0 Å². The molecule has 0 spiro atoms. The molecule has 72 heavy (non-hydrogen) atoms. The van der Waals surface area contributed by atoms with Crippen LogP contribution in [-0.4, -0.2) is 0 Å². The van der Waals surface area contributed by atoms with Crippen LogP contribution in [0.3, 0.4) is 0 Å². The van der Waals surface area contributed by atoms with Gasteiger partial charge in [-0.1, -0.05) is 291 Å². The van der Waals surface area contributed by atoms with Crippen molar-refractivity contribution in [2.75, 3.05) is 0 Å². The molecule has 0 saturated carbocycles. The zero-order valence-corrected chi connectivity index (χ0v) is 39.7. The van der Waals surface area contributed by atoms with Crippen molar-refractivity contribution in [1.29, 1.82) is 0 Å². The van der Waals surface area contributed by atoms with Gasteiger partial charge in [-0.05, 0) is 134 Å². The summed E-state index contributed by atoms with van der Waals surface area (Å²) in [6.45, 7) is 0. The van der Waals surface area contributed by atoms with Crippen LogP contribution in [0, 0.1) is 0 Å². The van der Waals surface area contributed by atoms with Gasteiger partial charge in [-0.25, -0.2) is 0 Å². The molecule has 0 N–H and O–H groups in total. The highest BCUT2D eigenvalue weighted by Crippen LogP contribution is 2.35. The number of rotatable bonds is 0. The second-order valence-electron chi connectivity index (χ2n) is 18.9. The van der Waals surface area contributed by atoms with Crippen molar-refractivity contribution in [3.8, 4) is 134 Å². The summed E-state index contributed by atoms with van der Waals surface area (Å²) in [6.07, 6.45) is 0. The first-order chi connectivity index (χ1) is 35.6. The van der Waals surface area contributed by atoms with E-state index in [4.69, 9.17) is 0 Å². The van der Waals surface area contributed by atoms with E-state index in [1.165, 1.54) is 134 Å². The molecule has 0 saturated heterocycles. The highest BCUT2D eigenvalue weighted by molar-refractivity contribution is 5.81. The van der Waals surface area contributed by atoms with E-state index >= 15 is 0 Å². The summed E-state index contributed by atoms with van der Waals surface area (Å²) < 4.78 is 0. The molecule has 0 heterocycles. The normalized spacial score (nSPS) is 11.3. The lowest BCUT2D eigenvalue weighted by Crippen LogP contribution is -1.85. The summed E-state index contributed by atoms with van der Waals surface area (Å²) in [4.78, 5) is 0. The van der Waals surface area contributed by atoms with Gasteiger partial charge in [0.1, 0.15) is 0 Å². The lowest BCUT2D eigenvalue weighted by Gasteiger charge is -2.10. The third-order valence-electron chi connectivity index (χ3n) is 14.6. The van der Waals surface area contributed by atoms with Gasteiger partial charge in [0, 0.05) is 0 Å². The molecule has 0 aliphatic heterocycles. The van der Waals surface area contributed by atoms with Gasteiger partial charge in [0.2, 0.25) is 0 Å². The standard InChI is InChI=1S/C72H48/c1-2-50-4-3-49(1)51-5-7-53(8-6-51)55-13-15-57(16-14-55)59-21-23-61(24-22-59)63-29-31-65(32-30-63)67-37-39-69(40-38-67)71-45-47-72(48-46-71)70-43-41-68(42-44-70)66-35-33-64(34-36-66)62-27-25-60(26-28-62)58-19-17-56(18-20-58)54-11-9-52(50)10-12-54/h1-48H. The molecule has 34 aliphatic carbocycles. The SMILES string of the molecule is c1cc2ccc1-c1ccc(cc1)-c1ccc(cc1)-c1ccc(cc1)-c1ccc(cc1)-c1ccc(cc1)-c1ccc(cc1)-c1ccc(cc1)-c1ccc(cc1)-c1ccc(cc1)-c1ccc(cc1)-c1ccc-2cc1. The van der Waals surface area contributed by atoms with Crippen molar-refractivity contribution in [2.24, 2.45) is 0 Å². The lowest BCUT2D eigenvalue weighted by molar-refractivity contribution is 1.55. The van der Waals surface area contributed by atoms with Crippen LogP contribution in [-0.2, 0) is 0 Å². The molecular weight excluding hydrogens is 865 g/mol. The van der Waals surface area contributed by atoms with E-state index in [1.54, 1.807) is 0 Å². The average molecular weight is 913 g/mol. The van der Waals surface area contributed by atoms with Crippen molar-refractivity contribution in [3.05, 3.63) is 291 Å². The zero-order valence-electron chi connectivity index (χ0n) is 39.7. The predicted octanol–water partition coefficient (Wildman–Crippen LogP) is 20.0. The lowest BCUT2D eigenvalue weighted by atomic mass is 9.95. The Hall–Kier alpha value is -9.36. The summed E-state index contributed by atoms with van der Waals surface area (Å²) in [7, 11) is 0. The highest BCUT2D eigenvalue weighted by atomic mass is 14.1. The molecule has 0 aromatic heterocycles. The summed E-state index contributed by atoms with van der Waals surface area (Å²) in [6, 6.07) is 107. The minimum Gasteiger partial charge on any atom is -0.0538 e. The summed E-state index contributed by atoms with van der Waals surface area (Å²) in [5, 5.41) is 0. The predicted molar refractivity (Wildman–Crippen MR) is 305 cm³/mol. The molecule has 0 nitrogen and oxygen atoms in total. The first-order valence-corrected chi connectivity index (χ1v) is 24.9. The van der Waals surface area contributed by atoms with Gasteiger partial charge in [0.05, 0.1) is 0 Å². The number of hydrogen-bond acceptors (Lipinski definition) is 0. The Bertz CT molecular complexity index is 2600. The van der Waals surface area contributed by atoms with E-state index < -0.39 is 0 Å². The molecular formula is C72H48. The van der Waals surface area contributed by atoms with E-state index in [0.29, 0.717) is 0 Å².